The molecule has 0 fully saturated rings. The standard InChI is InChI=1S/C17H19N3O/c1-13-4-6-14(7-5-13)12-18-19-17(21)15-8-10-16(11-9-15)20(2)3/h4-12H,1-3H3,(H,19,21). The SMILES string of the molecule is Cc1ccc(C=NNC(=O)c2ccc(N(C)C)cc2)cc1. The topological polar surface area (TPSA) is 44.7 Å². The van der Waals surface area contributed by atoms with Crippen LogP contribution in [0.2, 0.25) is 0 Å². The molecule has 21 heavy (non-hydrogen) atoms. The van der Waals surface area contributed by atoms with Crippen molar-refractivity contribution in [1.29, 1.82) is 0 Å². The molecule has 0 saturated heterocycles. The second kappa shape index (κ2) is 6.70. The number of carbonyl (C=O) groups excluding carboxylic acids is 1. The van der Waals surface area contributed by atoms with Gasteiger partial charge in [0.15, 0.2) is 0 Å². The first-order chi connectivity index (χ1) is 10.1. The number of amides is 1. The van der Waals surface area contributed by atoms with Crippen LogP contribution in [0.1, 0.15) is 21.5 Å². The average Bonchev–Trinajstić information content (AvgIpc) is 2.49. The Morgan fingerprint density at radius 1 is 1.05 bits per heavy atom. The minimum atomic E-state index is -0.219. The van der Waals surface area contributed by atoms with Crippen LogP contribution in [0.3, 0.4) is 0 Å². The number of rotatable bonds is 4. The van der Waals surface area contributed by atoms with Crippen LogP contribution in [0.4, 0.5) is 5.69 Å². The van der Waals surface area contributed by atoms with Gasteiger partial charge in [0.25, 0.3) is 5.91 Å². The van der Waals surface area contributed by atoms with E-state index in [1.165, 1.54) is 5.56 Å². The Bertz CT molecular complexity index is 628. The third kappa shape index (κ3) is 4.18. The van der Waals surface area contributed by atoms with Crippen LogP contribution in [0.5, 0.6) is 0 Å². The van der Waals surface area contributed by atoms with Gasteiger partial charge in [-0.2, -0.15) is 5.10 Å². The number of nitrogens with zero attached hydrogens (tertiary/aromatic N) is 2. The first-order valence-corrected chi connectivity index (χ1v) is 6.74. The maximum atomic E-state index is 11.9. The Balaban J connectivity index is 1.96. The number of hydrazone groups is 1. The lowest BCUT2D eigenvalue weighted by atomic mass is 10.2. The Hall–Kier alpha value is -2.62. The molecule has 1 amide bonds. The molecule has 2 aromatic rings. The fourth-order valence-corrected chi connectivity index (χ4v) is 1.79. The first kappa shape index (κ1) is 14.8. The van der Waals surface area contributed by atoms with E-state index in [9.17, 15) is 4.79 Å². The summed E-state index contributed by atoms with van der Waals surface area (Å²) >= 11 is 0. The van der Waals surface area contributed by atoms with Crippen LogP contribution in [0.25, 0.3) is 0 Å². The molecule has 0 heterocycles. The predicted molar refractivity (Wildman–Crippen MR) is 87.0 cm³/mol. The first-order valence-electron chi connectivity index (χ1n) is 6.74. The second-order valence-electron chi connectivity index (χ2n) is 5.05. The van der Waals surface area contributed by atoms with Gasteiger partial charge in [-0.05, 0) is 36.8 Å². The van der Waals surface area contributed by atoms with Crippen molar-refractivity contribution in [2.45, 2.75) is 6.92 Å². The van der Waals surface area contributed by atoms with E-state index in [1.807, 2.05) is 62.3 Å². The molecule has 0 spiro atoms. The normalized spacial score (nSPS) is 10.6. The third-order valence-corrected chi connectivity index (χ3v) is 3.10. The van der Waals surface area contributed by atoms with Crippen molar-refractivity contribution in [3.63, 3.8) is 0 Å². The number of hydrogen-bond acceptors (Lipinski definition) is 3. The van der Waals surface area contributed by atoms with Crippen molar-refractivity contribution >= 4 is 17.8 Å². The van der Waals surface area contributed by atoms with Crippen LogP contribution < -0.4 is 10.3 Å². The Morgan fingerprint density at radius 3 is 2.24 bits per heavy atom. The fourth-order valence-electron chi connectivity index (χ4n) is 1.79. The van der Waals surface area contributed by atoms with Gasteiger partial charge >= 0.3 is 0 Å². The van der Waals surface area contributed by atoms with Crippen molar-refractivity contribution in [2.75, 3.05) is 19.0 Å². The van der Waals surface area contributed by atoms with E-state index in [0.717, 1.165) is 11.3 Å². The van der Waals surface area contributed by atoms with E-state index in [-0.39, 0.29) is 5.91 Å². The lowest BCUT2D eigenvalue weighted by Crippen LogP contribution is -2.17. The Labute approximate surface area is 125 Å². The lowest BCUT2D eigenvalue weighted by molar-refractivity contribution is 0.0955. The smallest absolute Gasteiger partial charge is 0.271 e. The summed E-state index contributed by atoms with van der Waals surface area (Å²) in [6.45, 7) is 2.03. The van der Waals surface area contributed by atoms with E-state index < -0.39 is 0 Å². The zero-order valence-corrected chi connectivity index (χ0v) is 12.5. The average molecular weight is 281 g/mol. The van der Waals surface area contributed by atoms with Gasteiger partial charge in [-0.3, -0.25) is 4.79 Å². The Kier molecular flexibility index (Phi) is 4.72. The molecule has 4 nitrogen and oxygen atoms in total. The summed E-state index contributed by atoms with van der Waals surface area (Å²) in [7, 11) is 3.92. The van der Waals surface area contributed by atoms with Crippen LogP contribution in [0, 0.1) is 6.92 Å². The van der Waals surface area contributed by atoms with Gasteiger partial charge in [0.2, 0.25) is 0 Å². The highest BCUT2D eigenvalue weighted by Gasteiger charge is 2.04. The van der Waals surface area contributed by atoms with Gasteiger partial charge in [0.05, 0.1) is 6.21 Å². The maximum absolute atomic E-state index is 11.9. The monoisotopic (exact) mass is 281 g/mol. The molecular weight excluding hydrogens is 262 g/mol. The molecule has 0 atom stereocenters. The van der Waals surface area contributed by atoms with Crippen LogP contribution in [0.15, 0.2) is 53.6 Å². The Morgan fingerprint density at radius 2 is 1.67 bits per heavy atom. The lowest BCUT2D eigenvalue weighted by Gasteiger charge is -2.12. The highest BCUT2D eigenvalue weighted by Crippen LogP contribution is 2.12. The maximum Gasteiger partial charge on any atom is 0.271 e. The van der Waals surface area contributed by atoms with E-state index in [0.29, 0.717) is 5.56 Å². The molecule has 4 heteroatoms. The van der Waals surface area contributed by atoms with Crippen molar-refractivity contribution in [3.8, 4) is 0 Å². The molecule has 0 aliphatic heterocycles. The van der Waals surface area contributed by atoms with Gasteiger partial charge < -0.3 is 4.90 Å². The van der Waals surface area contributed by atoms with E-state index >= 15 is 0 Å². The number of hydrogen-bond donors (Lipinski definition) is 1. The van der Waals surface area contributed by atoms with Crippen LogP contribution in [-0.4, -0.2) is 26.2 Å². The third-order valence-electron chi connectivity index (χ3n) is 3.10. The van der Waals surface area contributed by atoms with E-state index in [4.69, 9.17) is 0 Å². The molecule has 0 bridgehead atoms. The van der Waals surface area contributed by atoms with Gasteiger partial charge in [0.1, 0.15) is 0 Å². The highest BCUT2D eigenvalue weighted by molar-refractivity contribution is 5.95. The molecule has 0 unspecified atom stereocenters. The number of benzene rings is 2. The summed E-state index contributed by atoms with van der Waals surface area (Å²) in [4.78, 5) is 13.9. The van der Waals surface area contributed by atoms with Gasteiger partial charge in [-0.25, -0.2) is 5.43 Å². The molecule has 108 valence electrons. The zero-order chi connectivity index (χ0) is 15.2. The molecule has 0 saturated carbocycles. The van der Waals surface area contributed by atoms with Crippen LogP contribution in [-0.2, 0) is 0 Å². The predicted octanol–water partition coefficient (Wildman–Crippen LogP) is 2.82. The van der Waals surface area contributed by atoms with Crippen molar-refractivity contribution in [3.05, 3.63) is 65.2 Å². The molecule has 2 rings (SSSR count). The zero-order valence-electron chi connectivity index (χ0n) is 12.5. The minimum Gasteiger partial charge on any atom is -0.378 e. The van der Waals surface area contributed by atoms with Crippen molar-refractivity contribution < 1.29 is 4.79 Å². The van der Waals surface area contributed by atoms with E-state index in [1.54, 1.807) is 18.3 Å². The number of anilines is 1. The molecule has 2 aromatic carbocycles. The van der Waals surface area contributed by atoms with Gasteiger partial charge in [-0.1, -0.05) is 29.8 Å². The number of nitrogens with one attached hydrogen (secondary N) is 1. The van der Waals surface area contributed by atoms with Crippen molar-refractivity contribution in [2.24, 2.45) is 5.10 Å². The largest absolute Gasteiger partial charge is 0.378 e. The van der Waals surface area contributed by atoms with Crippen molar-refractivity contribution in [1.82, 2.24) is 5.43 Å². The molecule has 0 aliphatic rings. The van der Waals surface area contributed by atoms with Gasteiger partial charge in [0, 0.05) is 25.3 Å². The van der Waals surface area contributed by atoms with Gasteiger partial charge in [-0.15, -0.1) is 0 Å². The quantitative estimate of drug-likeness (QED) is 0.692. The molecule has 0 aromatic heterocycles. The summed E-state index contributed by atoms with van der Waals surface area (Å²) in [6, 6.07) is 15.3. The molecule has 1 N–H and O–H groups in total. The number of aryl methyl sites for hydroxylation is 1. The summed E-state index contributed by atoms with van der Waals surface area (Å²) < 4.78 is 0. The summed E-state index contributed by atoms with van der Waals surface area (Å²) in [6.07, 6.45) is 1.63. The molecule has 0 radical (unpaired) electrons. The fraction of sp³-hybridized carbons (Fsp3) is 0.176. The second-order valence-corrected chi connectivity index (χ2v) is 5.05. The minimum absolute atomic E-state index is 0.219. The molecule has 0 aliphatic carbocycles. The summed E-state index contributed by atoms with van der Waals surface area (Å²) in [5, 5.41) is 3.97. The number of carbonyl (C=O) groups is 1. The summed E-state index contributed by atoms with van der Waals surface area (Å²) in [5.74, 6) is -0.219. The summed E-state index contributed by atoms with van der Waals surface area (Å²) in [5.41, 5.74) is 6.30. The van der Waals surface area contributed by atoms with Crippen LogP contribution >= 0.6 is 0 Å². The van der Waals surface area contributed by atoms with E-state index in [2.05, 4.69) is 10.5 Å². The molecular formula is C17H19N3O. The highest BCUT2D eigenvalue weighted by atomic mass is 16.2.